The van der Waals surface area contributed by atoms with Gasteiger partial charge in [0.2, 0.25) is 0 Å². The fourth-order valence-electron chi connectivity index (χ4n) is 1.86. The van der Waals surface area contributed by atoms with Gasteiger partial charge in [-0.25, -0.2) is 4.39 Å². The fourth-order valence-corrected chi connectivity index (χ4v) is 1.86. The number of halogens is 2. The molecule has 0 bridgehead atoms. The number of hydrogen-bond donors (Lipinski definition) is 2. The van der Waals surface area contributed by atoms with Crippen LogP contribution in [0.4, 0.5) is 8.87 Å². The molecule has 1 aromatic carbocycles. The first kappa shape index (κ1) is 11.3. The van der Waals surface area contributed by atoms with Crippen LogP contribution >= 0.6 is 0 Å². The van der Waals surface area contributed by atoms with Crippen LogP contribution in [0.5, 0.6) is 5.75 Å². The molecule has 1 unspecified atom stereocenters. The predicted molar refractivity (Wildman–Crippen MR) is 54.3 cm³/mol. The van der Waals surface area contributed by atoms with Gasteiger partial charge in [-0.05, 0) is 36.6 Å². The van der Waals surface area contributed by atoms with Gasteiger partial charge in [0.1, 0.15) is 23.8 Å². The lowest BCUT2D eigenvalue weighted by atomic mass is 9.99. The van der Waals surface area contributed by atoms with Gasteiger partial charge in [-0.2, -0.15) is 5.54 Å². The molecule has 0 aromatic heterocycles. The zero-order valence-corrected chi connectivity index (χ0v) is 8.62. The van der Waals surface area contributed by atoms with Crippen LogP contribution in [0.15, 0.2) is 18.2 Å². The van der Waals surface area contributed by atoms with E-state index in [1.54, 1.807) is 0 Å². The van der Waals surface area contributed by atoms with Crippen molar-refractivity contribution in [1.82, 2.24) is 5.54 Å². The van der Waals surface area contributed by atoms with E-state index in [9.17, 15) is 14.0 Å². The number of benzene rings is 1. The number of nitrogens with one attached hydrogen (secondary N) is 1. The summed E-state index contributed by atoms with van der Waals surface area (Å²) in [5, 5.41) is 9.55. The summed E-state index contributed by atoms with van der Waals surface area (Å²) in [6.07, 6.45) is -0.162. The van der Waals surface area contributed by atoms with E-state index in [2.05, 4.69) is 0 Å². The normalized spacial score (nSPS) is 21.1. The molecule has 0 aliphatic carbocycles. The zero-order valence-electron chi connectivity index (χ0n) is 8.62. The van der Waals surface area contributed by atoms with E-state index in [1.165, 1.54) is 23.7 Å². The Balaban J connectivity index is 2.09. The van der Waals surface area contributed by atoms with Crippen LogP contribution in [-0.2, 0) is 6.42 Å². The maximum atomic E-state index is 12.9. The minimum atomic E-state index is -0.900. The average molecular weight is 229 g/mol. The van der Waals surface area contributed by atoms with Crippen LogP contribution in [0.2, 0.25) is 0 Å². The van der Waals surface area contributed by atoms with Crippen molar-refractivity contribution in [1.29, 1.82) is 0 Å². The summed E-state index contributed by atoms with van der Waals surface area (Å²) < 4.78 is 30.2. The second-order valence-electron chi connectivity index (χ2n) is 3.85. The average Bonchev–Trinajstić information content (AvgIpc) is 2.28. The molecule has 1 aliphatic heterocycles. The van der Waals surface area contributed by atoms with E-state index < -0.39 is 12.2 Å². The summed E-state index contributed by atoms with van der Waals surface area (Å²) in [5.74, 6) is 0.266. The number of aryl methyl sites for hydroxylation is 1. The predicted octanol–water partition coefficient (Wildman–Crippen LogP) is 1.35. The summed E-state index contributed by atoms with van der Waals surface area (Å²) in [6.45, 7) is -0.165. The van der Waals surface area contributed by atoms with Crippen molar-refractivity contribution in [2.24, 2.45) is 0 Å². The van der Waals surface area contributed by atoms with E-state index in [-0.39, 0.29) is 12.4 Å². The minimum absolute atomic E-state index is 0.165. The molecule has 0 fully saturated rings. The van der Waals surface area contributed by atoms with Crippen molar-refractivity contribution in [3.63, 3.8) is 0 Å². The second-order valence-corrected chi connectivity index (χ2v) is 3.85. The summed E-state index contributed by atoms with van der Waals surface area (Å²) in [6, 6.07) is 4.26. The van der Waals surface area contributed by atoms with E-state index in [0.717, 1.165) is 5.56 Å². The van der Waals surface area contributed by atoms with Gasteiger partial charge in [0, 0.05) is 0 Å². The minimum Gasteiger partial charge on any atom is -0.487 e. The lowest BCUT2D eigenvalue weighted by Crippen LogP contribution is -2.39. The maximum Gasteiger partial charge on any atom is 0.126 e. The van der Waals surface area contributed by atoms with Gasteiger partial charge in [0.05, 0.1) is 6.54 Å². The smallest absolute Gasteiger partial charge is 0.126 e. The van der Waals surface area contributed by atoms with Crippen molar-refractivity contribution in [2.45, 2.75) is 25.0 Å². The molecule has 0 spiro atoms. The van der Waals surface area contributed by atoms with E-state index in [0.29, 0.717) is 18.6 Å². The third kappa shape index (κ3) is 2.31. The Morgan fingerprint density at radius 2 is 2.38 bits per heavy atom. The second kappa shape index (κ2) is 4.76. The number of ether oxygens (including phenoxy) is 1. The molecule has 88 valence electrons. The third-order valence-corrected chi connectivity index (χ3v) is 2.71. The highest BCUT2D eigenvalue weighted by atomic mass is 19.2. The van der Waals surface area contributed by atoms with Crippen LogP contribution in [0.1, 0.15) is 12.0 Å². The Hall–Kier alpha value is -1.20. The Labute approximate surface area is 92.0 Å². The Bertz CT molecular complexity index is 373. The molecule has 16 heavy (non-hydrogen) atoms. The van der Waals surface area contributed by atoms with Gasteiger partial charge >= 0.3 is 0 Å². The summed E-state index contributed by atoms with van der Waals surface area (Å²) in [5.41, 5.74) is 2.20. The topological polar surface area (TPSA) is 41.5 Å². The van der Waals surface area contributed by atoms with Crippen molar-refractivity contribution in [3.05, 3.63) is 29.6 Å². The molecule has 0 saturated carbocycles. The van der Waals surface area contributed by atoms with Gasteiger partial charge in [-0.15, -0.1) is 4.48 Å². The van der Waals surface area contributed by atoms with E-state index >= 15 is 0 Å². The van der Waals surface area contributed by atoms with Gasteiger partial charge in [0.25, 0.3) is 0 Å². The largest absolute Gasteiger partial charge is 0.487 e. The van der Waals surface area contributed by atoms with Crippen molar-refractivity contribution < 1.29 is 18.7 Å². The highest BCUT2D eigenvalue weighted by Gasteiger charge is 2.26. The van der Waals surface area contributed by atoms with Gasteiger partial charge in [-0.1, -0.05) is 0 Å². The molecule has 2 N–H and O–H groups in total. The van der Waals surface area contributed by atoms with Crippen LogP contribution < -0.4 is 10.3 Å². The Kier molecular flexibility index (Phi) is 3.36. The van der Waals surface area contributed by atoms with E-state index in [1.807, 2.05) is 0 Å². The number of fused-ring (bicyclic) bond motifs is 1. The zero-order chi connectivity index (χ0) is 11.5. The maximum absolute atomic E-state index is 12.9. The molecule has 2 atom stereocenters. The molecule has 0 amide bonds. The standard InChI is InChI=1S/C11H13F2NO2/c12-8-2-4-10-7(5-8)1-3-11(16-10)9(15)6-14-13/h2,4-5,9,11,14-15H,1,3,6H2/t9?,11-/m0/s1. The number of aliphatic hydroxyl groups excluding tert-OH is 1. The lowest BCUT2D eigenvalue weighted by molar-refractivity contribution is 0.0152. The van der Waals surface area contributed by atoms with Crippen molar-refractivity contribution >= 4 is 0 Å². The van der Waals surface area contributed by atoms with Crippen LogP contribution in [-0.4, -0.2) is 23.9 Å². The molecular weight excluding hydrogens is 216 g/mol. The SMILES string of the molecule is OC(CNF)[C@@H]1CCc2cc(F)ccc2O1. The number of aliphatic hydroxyl groups is 1. The molecule has 1 aromatic rings. The quantitative estimate of drug-likeness (QED) is 0.769. The molecule has 3 nitrogen and oxygen atoms in total. The molecule has 1 aliphatic rings. The molecular formula is C11H13F2NO2. The molecule has 2 rings (SSSR count). The molecule has 0 radical (unpaired) electrons. The van der Waals surface area contributed by atoms with Crippen LogP contribution in [0.25, 0.3) is 0 Å². The van der Waals surface area contributed by atoms with Crippen LogP contribution in [0.3, 0.4) is 0 Å². The Morgan fingerprint density at radius 3 is 3.12 bits per heavy atom. The monoisotopic (exact) mass is 229 g/mol. The molecule has 0 saturated heterocycles. The first-order valence-electron chi connectivity index (χ1n) is 5.17. The number of hydrogen-bond acceptors (Lipinski definition) is 3. The first-order chi connectivity index (χ1) is 7.70. The summed E-state index contributed by atoms with van der Waals surface area (Å²) in [7, 11) is 0. The number of rotatable bonds is 3. The molecule has 5 heteroatoms. The fraction of sp³-hybridized carbons (Fsp3) is 0.455. The lowest BCUT2D eigenvalue weighted by Gasteiger charge is -2.29. The van der Waals surface area contributed by atoms with Crippen LogP contribution in [0, 0.1) is 5.82 Å². The van der Waals surface area contributed by atoms with E-state index in [4.69, 9.17) is 4.74 Å². The van der Waals surface area contributed by atoms with Gasteiger partial charge in [-0.3, -0.25) is 0 Å². The summed E-state index contributed by atoms with van der Waals surface area (Å²) in [4.78, 5) is 0. The molecule has 1 heterocycles. The highest BCUT2D eigenvalue weighted by Crippen LogP contribution is 2.29. The highest BCUT2D eigenvalue weighted by molar-refractivity contribution is 5.35. The van der Waals surface area contributed by atoms with Crippen molar-refractivity contribution in [2.75, 3.05) is 6.54 Å². The third-order valence-electron chi connectivity index (χ3n) is 2.71. The Morgan fingerprint density at radius 1 is 1.56 bits per heavy atom. The summed E-state index contributed by atoms with van der Waals surface area (Å²) >= 11 is 0. The van der Waals surface area contributed by atoms with Crippen molar-refractivity contribution in [3.8, 4) is 5.75 Å². The van der Waals surface area contributed by atoms with Gasteiger partial charge < -0.3 is 9.84 Å². The van der Waals surface area contributed by atoms with Gasteiger partial charge in [0.15, 0.2) is 0 Å². The first-order valence-corrected chi connectivity index (χ1v) is 5.17.